The number of ether oxygens (including phenoxy) is 1. The Kier molecular flexibility index (Phi) is 4.15. The van der Waals surface area contributed by atoms with E-state index in [1.165, 1.54) is 0 Å². The zero-order chi connectivity index (χ0) is 12.4. The summed E-state index contributed by atoms with van der Waals surface area (Å²) < 4.78 is 5.59. The van der Waals surface area contributed by atoms with Crippen LogP contribution in [-0.4, -0.2) is 38.7 Å². The van der Waals surface area contributed by atoms with E-state index in [-0.39, 0.29) is 6.04 Å². The quantitative estimate of drug-likeness (QED) is 0.914. The van der Waals surface area contributed by atoms with Gasteiger partial charge in [0.2, 0.25) is 0 Å². The molecule has 1 N–H and O–H groups in total. The smallest absolute Gasteiger partial charge is 0.144 e. The summed E-state index contributed by atoms with van der Waals surface area (Å²) in [7, 11) is 4.11. The van der Waals surface area contributed by atoms with E-state index in [4.69, 9.17) is 27.9 Å². The number of hydrogen-bond acceptors (Lipinski definition) is 3. The first-order valence-corrected chi connectivity index (χ1v) is 6.34. The van der Waals surface area contributed by atoms with Crippen LogP contribution in [0.2, 0.25) is 10.0 Å². The second-order valence-corrected chi connectivity index (χ2v) is 5.19. The van der Waals surface area contributed by atoms with Crippen LogP contribution in [0.4, 0.5) is 0 Å². The number of likely N-dealkylation sites (N-methyl/N-ethyl adjacent to an activating group) is 1. The minimum Gasteiger partial charge on any atom is -0.490 e. The number of nitrogens with zero attached hydrogens (tertiary/aromatic N) is 1. The predicted octanol–water partition coefficient (Wildman–Crippen LogP) is 2.58. The molecule has 0 saturated heterocycles. The average Bonchev–Trinajstić information content (AvgIpc) is 2.67. The molecular weight excluding hydrogens is 259 g/mol. The molecule has 0 aliphatic carbocycles. The van der Waals surface area contributed by atoms with Crippen molar-refractivity contribution in [1.29, 1.82) is 0 Å². The monoisotopic (exact) mass is 274 g/mol. The van der Waals surface area contributed by atoms with Crippen molar-refractivity contribution in [2.45, 2.75) is 6.04 Å². The third-order valence-electron chi connectivity index (χ3n) is 2.80. The molecule has 1 aliphatic rings. The molecule has 0 aromatic heterocycles. The molecule has 2 rings (SSSR count). The molecular formula is C12H16Cl2N2O. The minimum atomic E-state index is 0.208. The summed E-state index contributed by atoms with van der Waals surface area (Å²) in [6, 6.07) is 4.00. The van der Waals surface area contributed by atoms with Gasteiger partial charge in [-0.3, -0.25) is 0 Å². The van der Waals surface area contributed by atoms with Crippen LogP contribution in [-0.2, 0) is 0 Å². The van der Waals surface area contributed by atoms with E-state index in [0.29, 0.717) is 16.7 Å². The van der Waals surface area contributed by atoms with Crippen LogP contribution in [0.15, 0.2) is 12.1 Å². The lowest BCUT2D eigenvalue weighted by Crippen LogP contribution is -2.30. The molecule has 1 aromatic rings. The van der Waals surface area contributed by atoms with E-state index in [1.807, 2.05) is 12.1 Å². The summed E-state index contributed by atoms with van der Waals surface area (Å²) in [5, 5.41) is 4.50. The molecule has 5 heteroatoms. The third kappa shape index (κ3) is 2.86. The fourth-order valence-corrected chi connectivity index (χ4v) is 2.23. The van der Waals surface area contributed by atoms with Gasteiger partial charge in [-0.15, -0.1) is 0 Å². The number of fused-ring (bicyclic) bond motifs is 1. The van der Waals surface area contributed by atoms with Gasteiger partial charge in [0.05, 0.1) is 11.1 Å². The number of rotatable bonds is 4. The Labute approximate surface area is 112 Å². The molecule has 1 aliphatic heterocycles. The highest BCUT2D eigenvalue weighted by Crippen LogP contribution is 2.41. The van der Waals surface area contributed by atoms with Gasteiger partial charge in [0.25, 0.3) is 0 Å². The number of hydrogen-bond donors (Lipinski definition) is 1. The Hall–Kier alpha value is -0.480. The summed E-state index contributed by atoms with van der Waals surface area (Å²) >= 11 is 12.0. The van der Waals surface area contributed by atoms with E-state index in [2.05, 4.69) is 24.3 Å². The second-order valence-electron chi connectivity index (χ2n) is 4.40. The van der Waals surface area contributed by atoms with Crippen LogP contribution in [0, 0.1) is 0 Å². The molecule has 94 valence electrons. The lowest BCUT2D eigenvalue weighted by Gasteiger charge is -2.14. The average molecular weight is 275 g/mol. The van der Waals surface area contributed by atoms with Gasteiger partial charge in [0, 0.05) is 18.7 Å². The molecule has 17 heavy (non-hydrogen) atoms. The van der Waals surface area contributed by atoms with Crippen LogP contribution in [0.25, 0.3) is 0 Å². The lowest BCUT2D eigenvalue weighted by atomic mass is 10.1. The zero-order valence-corrected chi connectivity index (χ0v) is 11.5. The maximum atomic E-state index is 6.10. The first-order chi connectivity index (χ1) is 8.09. The van der Waals surface area contributed by atoms with Crippen molar-refractivity contribution < 1.29 is 4.74 Å². The van der Waals surface area contributed by atoms with Crippen LogP contribution >= 0.6 is 23.2 Å². The SMILES string of the molecule is CN(C)CCNC1COc2c1ccc(Cl)c2Cl. The Morgan fingerprint density at radius 1 is 1.41 bits per heavy atom. The lowest BCUT2D eigenvalue weighted by molar-refractivity contribution is 0.303. The maximum Gasteiger partial charge on any atom is 0.144 e. The van der Waals surface area contributed by atoms with Crippen molar-refractivity contribution in [2.75, 3.05) is 33.8 Å². The van der Waals surface area contributed by atoms with Crippen molar-refractivity contribution in [2.24, 2.45) is 0 Å². The van der Waals surface area contributed by atoms with E-state index >= 15 is 0 Å². The van der Waals surface area contributed by atoms with Gasteiger partial charge >= 0.3 is 0 Å². The Morgan fingerprint density at radius 2 is 2.18 bits per heavy atom. The van der Waals surface area contributed by atoms with Crippen molar-refractivity contribution >= 4 is 23.2 Å². The van der Waals surface area contributed by atoms with Crippen LogP contribution in [0.3, 0.4) is 0 Å². The topological polar surface area (TPSA) is 24.5 Å². The van der Waals surface area contributed by atoms with E-state index in [9.17, 15) is 0 Å². The largest absolute Gasteiger partial charge is 0.490 e. The first-order valence-electron chi connectivity index (χ1n) is 5.58. The van der Waals surface area contributed by atoms with Gasteiger partial charge in [0.1, 0.15) is 17.4 Å². The molecule has 0 amide bonds. The molecule has 1 aromatic carbocycles. The number of nitrogens with one attached hydrogen (secondary N) is 1. The highest BCUT2D eigenvalue weighted by Gasteiger charge is 2.26. The fourth-order valence-electron chi connectivity index (χ4n) is 1.86. The molecule has 0 spiro atoms. The number of halogens is 2. The molecule has 1 unspecified atom stereocenters. The van der Waals surface area contributed by atoms with Crippen LogP contribution in [0.1, 0.15) is 11.6 Å². The fraction of sp³-hybridized carbons (Fsp3) is 0.500. The predicted molar refractivity (Wildman–Crippen MR) is 71.3 cm³/mol. The molecule has 0 saturated carbocycles. The standard InChI is InChI=1S/C12H16Cl2N2O/c1-16(2)6-5-15-10-7-17-12-8(10)3-4-9(13)11(12)14/h3-4,10,15H,5-7H2,1-2H3. The van der Waals surface area contributed by atoms with Gasteiger partial charge in [0.15, 0.2) is 0 Å². The van der Waals surface area contributed by atoms with Crippen LogP contribution < -0.4 is 10.1 Å². The molecule has 1 atom stereocenters. The third-order valence-corrected chi connectivity index (χ3v) is 3.59. The van der Waals surface area contributed by atoms with Crippen molar-refractivity contribution in [1.82, 2.24) is 10.2 Å². The van der Waals surface area contributed by atoms with E-state index in [0.717, 1.165) is 24.4 Å². The summed E-state index contributed by atoms with van der Waals surface area (Å²) in [6.07, 6.45) is 0. The van der Waals surface area contributed by atoms with Gasteiger partial charge in [-0.2, -0.15) is 0 Å². The van der Waals surface area contributed by atoms with Gasteiger partial charge in [-0.1, -0.05) is 29.3 Å². The Morgan fingerprint density at radius 3 is 2.88 bits per heavy atom. The normalized spacial score (nSPS) is 18.3. The van der Waals surface area contributed by atoms with Gasteiger partial charge in [-0.25, -0.2) is 0 Å². The Bertz CT molecular complexity index is 410. The van der Waals surface area contributed by atoms with Crippen LogP contribution in [0.5, 0.6) is 5.75 Å². The van der Waals surface area contributed by atoms with Crippen molar-refractivity contribution in [3.8, 4) is 5.75 Å². The molecule has 3 nitrogen and oxygen atoms in total. The Balaban J connectivity index is 2.05. The van der Waals surface area contributed by atoms with Crippen molar-refractivity contribution in [3.05, 3.63) is 27.7 Å². The summed E-state index contributed by atoms with van der Waals surface area (Å²) in [6.45, 7) is 2.52. The van der Waals surface area contributed by atoms with E-state index < -0.39 is 0 Å². The highest BCUT2D eigenvalue weighted by molar-refractivity contribution is 6.43. The molecule has 1 heterocycles. The summed E-state index contributed by atoms with van der Waals surface area (Å²) in [5.41, 5.74) is 1.10. The molecule has 0 radical (unpaired) electrons. The first kappa shape index (κ1) is 13.0. The van der Waals surface area contributed by atoms with Crippen molar-refractivity contribution in [3.63, 3.8) is 0 Å². The zero-order valence-electron chi connectivity index (χ0n) is 9.96. The highest BCUT2D eigenvalue weighted by atomic mass is 35.5. The molecule has 0 fully saturated rings. The van der Waals surface area contributed by atoms with Gasteiger partial charge < -0.3 is 15.0 Å². The maximum absolute atomic E-state index is 6.10. The number of benzene rings is 1. The summed E-state index contributed by atoms with van der Waals surface area (Å²) in [4.78, 5) is 2.14. The molecule has 0 bridgehead atoms. The minimum absolute atomic E-state index is 0.208. The second kappa shape index (κ2) is 5.44. The van der Waals surface area contributed by atoms with E-state index in [1.54, 1.807) is 0 Å². The summed E-state index contributed by atoms with van der Waals surface area (Å²) in [5.74, 6) is 0.724. The van der Waals surface area contributed by atoms with Gasteiger partial charge in [-0.05, 0) is 20.2 Å².